The number of methoxy groups -OCH3 is 1. The van der Waals surface area contributed by atoms with E-state index in [1.54, 1.807) is 17.1 Å². The lowest BCUT2D eigenvalue weighted by molar-refractivity contribution is 0.0600. The second-order valence-corrected chi connectivity index (χ2v) is 7.14. The molecule has 0 aliphatic carbocycles. The highest BCUT2D eigenvalue weighted by Gasteiger charge is 2.33. The van der Waals surface area contributed by atoms with Crippen LogP contribution in [0.3, 0.4) is 0 Å². The first kappa shape index (κ1) is 15.6. The topological polar surface area (TPSA) is 94.4 Å². The number of aromatic nitrogens is 3. The summed E-state index contributed by atoms with van der Waals surface area (Å²) < 4.78 is 33.0. The molecule has 2 aromatic rings. The average molecular weight is 336 g/mol. The van der Waals surface area contributed by atoms with E-state index in [2.05, 4.69) is 15.0 Å². The molecule has 9 heteroatoms. The molecule has 122 valence electrons. The highest BCUT2D eigenvalue weighted by Crippen LogP contribution is 2.26. The van der Waals surface area contributed by atoms with E-state index in [0.717, 1.165) is 0 Å². The predicted octanol–water partition coefficient (Wildman–Crippen LogP) is 0.700. The molecule has 2 heterocycles. The molecule has 1 aromatic carbocycles. The molecule has 1 aliphatic rings. The summed E-state index contributed by atoms with van der Waals surface area (Å²) in [5.41, 5.74) is 0.313. The first-order valence-corrected chi connectivity index (χ1v) is 8.50. The molecule has 0 N–H and O–H groups in total. The number of hydrogen-bond acceptors (Lipinski definition) is 6. The Balaban J connectivity index is 1.78. The van der Waals surface area contributed by atoms with Gasteiger partial charge in [-0.3, -0.25) is 0 Å². The molecule has 0 radical (unpaired) electrons. The normalized spacial score (nSPS) is 18.9. The van der Waals surface area contributed by atoms with Crippen LogP contribution in [-0.4, -0.2) is 53.9 Å². The fraction of sp³-hybridized carbons (Fsp3) is 0.357. The number of carbonyl (C=O) groups excluding carboxylic acids is 1. The Morgan fingerprint density at radius 1 is 1.30 bits per heavy atom. The van der Waals surface area contributed by atoms with Gasteiger partial charge in [0, 0.05) is 19.3 Å². The van der Waals surface area contributed by atoms with Gasteiger partial charge < -0.3 is 4.74 Å². The minimum Gasteiger partial charge on any atom is -0.465 e. The lowest BCUT2D eigenvalue weighted by Gasteiger charge is -2.16. The molecule has 1 aromatic heterocycles. The summed E-state index contributed by atoms with van der Waals surface area (Å²) in [6.45, 7) is 0.774. The van der Waals surface area contributed by atoms with E-state index in [1.807, 2.05) is 0 Å². The number of nitrogens with zero attached hydrogens (tertiary/aromatic N) is 4. The number of rotatable bonds is 4. The Kier molecular flexibility index (Phi) is 4.14. The minimum atomic E-state index is -3.59. The van der Waals surface area contributed by atoms with Crippen molar-refractivity contribution in [3.8, 4) is 0 Å². The van der Waals surface area contributed by atoms with Crippen molar-refractivity contribution in [2.75, 3.05) is 20.2 Å². The van der Waals surface area contributed by atoms with Crippen molar-refractivity contribution in [3.63, 3.8) is 0 Å². The van der Waals surface area contributed by atoms with Crippen LogP contribution in [0, 0.1) is 0 Å². The number of hydrogen-bond donors (Lipinski definition) is 0. The van der Waals surface area contributed by atoms with Gasteiger partial charge in [-0.15, -0.1) is 5.10 Å². The van der Waals surface area contributed by atoms with Crippen LogP contribution in [0.25, 0.3) is 0 Å². The Hall–Kier alpha value is -2.26. The van der Waals surface area contributed by atoms with Crippen LogP contribution < -0.4 is 0 Å². The van der Waals surface area contributed by atoms with Crippen LogP contribution in [0.15, 0.2) is 41.6 Å². The summed E-state index contributed by atoms with van der Waals surface area (Å²) in [6.07, 6.45) is 3.98. The van der Waals surface area contributed by atoms with E-state index in [9.17, 15) is 13.2 Å². The summed E-state index contributed by atoms with van der Waals surface area (Å²) in [4.78, 5) is 11.6. The van der Waals surface area contributed by atoms with Crippen LogP contribution in [0.4, 0.5) is 0 Å². The smallest absolute Gasteiger partial charge is 0.337 e. The van der Waals surface area contributed by atoms with Gasteiger partial charge in [-0.05, 0) is 30.7 Å². The Labute approximate surface area is 133 Å². The van der Waals surface area contributed by atoms with E-state index in [4.69, 9.17) is 0 Å². The zero-order valence-corrected chi connectivity index (χ0v) is 13.3. The largest absolute Gasteiger partial charge is 0.465 e. The third-order valence-electron chi connectivity index (χ3n) is 3.85. The predicted molar refractivity (Wildman–Crippen MR) is 80.2 cm³/mol. The number of benzene rings is 1. The number of esters is 1. The van der Waals surface area contributed by atoms with Crippen molar-refractivity contribution in [1.82, 2.24) is 19.3 Å². The van der Waals surface area contributed by atoms with E-state index in [-0.39, 0.29) is 10.9 Å². The molecule has 1 saturated heterocycles. The number of sulfonamides is 1. The van der Waals surface area contributed by atoms with Crippen LogP contribution in [-0.2, 0) is 14.8 Å². The molecule has 0 amide bonds. The van der Waals surface area contributed by atoms with Crippen molar-refractivity contribution in [2.24, 2.45) is 0 Å². The lowest BCUT2D eigenvalue weighted by atomic mass is 10.2. The van der Waals surface area contributed by atoms with E-state index < -0.39 is 16.0 Å². The Bertz CT molecular complexity index is 787. The van der Waals surface area contributed by atoms with Gasteiger partial charge in [0.05, 0.1) is 29.8 Å². The molecule has 1 fully saturated rings. The molecule has 0 saturated carbocycles. The third kappa shape index (κ3) is 2.97. The maximum Gasteiger partial charge on any atom is 0.337 e. The summed E-state index contributed by atoms with van der Waals surface area (Å²) in [7, 11) is -2.31. The second kappa shape index (κ2) is 6.09. The average Bonchev–Trinajstić information content (AvgIpc) is 3.25. The van der Waals surface area contributed by atoms with Gasteiger partial charge >= 0.3 is 5.97 Å². The van der Waals surface area contributed by atoms with E-state index in [1.165, 1.54) is 35.7 Å². The highest BCUT2D eigenvalue weighted by molar-refractivity contribution is 7.89. The summed E-state index contributed by atoms with van der Waals surface area (Å²) in [6, 6.07) is 5.73. The standard InChI is InChI=1S/C14H16N4O4S/c1-22-14(19)11-2-4-13(5-3-11)23(20,21)17-8-6-12(10-17)18-9-7-15-16-18/h2-5,7,9,12H,6,8,10H2,1H3/t12-/m0/s1. The number of carbonyl (C=O) groups is 1. The van der Waals surface area contributed by atoms with Gasteiger partial charge in [-0.25, -0.2) is 17.9 Å². The lowest BCUT2D eigenvalue weighted by Crippen LogP contribution is -2.29. The summed E-state index contributed by atoms with van der Waals surface area (Å²) in [5.74, 6) is -0.499. The molecule has 1 aliphatic heterocycles. The molecule has 0 bridgehead atoms. The van der Waals surface area contributed by atoms with E-state index >= 15 is 0 Å². The number of ether oxygens (including phenoxy) is 1. The SMILES string of the molecule is COC(=O)c1ccc(S(=O)(=O)N2CC[C@H](n3ccnn3)C2)cc1. The van der Waals surface area contributed by atoms with Crippen LogP contribution in [0.2, 0.25) is 0 Å². The van der Waals surface area contributed by atoms with Gasteiger partial charge in [0.25, 0.3) is 0 Å². The van der Waals surface area contributed by atoms with Gasteiger partial charge in [0.1, 0.15) is 0 Å². The van der Waals surface area contributed by atoms with Crippen molar-refractivity contribution in [1.29, 1.82) is 0 Å². The second-order valence-electron chi connectivity index (χ2n) is 5.20. The molecule has 8 nitrogen and oxygen atoms in total. The quantitative estimate of drug-likeness (QED) is 0.763. The first-order valence-electron chi connectivity index (χ1n) is 7.06. The van der Waals surface area contributed by atoms with Crippen molar-refractivity contribution < 1.29 is 17.9 Å². The van der Waals surface area contributed by atoms with Gasteiger partial charge in [-0.2, -0.15) is 4.31 Å². The first-order chi connectivity index (χ1) is 11.0. The van der Waals surface area contributed by atoms with E-state index in [0.29, 0.717) is 25.1 Å². The molecule has 0 unspecified atom stereocenters. The van der Waals surface area contributed by atoms with Crippen molar-refractivity contribution >= 4 is 16.0 Å². The molecule has 0 spiro atoms. The fourth-order valence-corrected chi connectivity index (χ4v) is 4.08. The summed E-state index contributed by atoms with van der Waals surface area (Å²) >= 11 is 0. The zero-order valence-electron chi connectivity index (χ0n) is 12.5. The van der Waals surface area contributed by atoms with Gasteiger partial charge in [-0.1, -0.05) is 5.21 Å². The van der Waals surface area contributed by atoms with Gasteiger partial charge in [0.2, 0.25) is 10.0 Å². The maximum absolute atomic E-state index is 12.7. The zero-order chi connectivity index (χ0) is 16.4. The molecular weight excluding hydrogens is 320 g/mol. The maximum atomic E-state index is 12.7. The van der Waals surface area contributed by atoms with Crippen LogP contribution >= 0.6 is 0 Å². The summed E-state index contributed by atoms with van der Waals surface area (Å²) in [5, 5.41) is 7.67. The highest BCUT2D eigenvalue weighted by atomic mass is 32.2. The van der Waals surface area contributed by atoms with Gasteiger partial charge in [0.15, 0.2) is 0 Å². The molecule has 3 rings (SSSR count). The third-order valence-corrected chi connectivity index (χ3v) is 5.73. The Morgan fingerprint density at radius 2 is 2.04 bits per heavy atom. The van der Waals surface area contributed by atoms with Crippen LogP contribution in [0.1, 0.15) is 22.8 Å². The Morgan fingerprint density at radius 3 is 2.65 bits per heavy atom. The minimum absolute atomic E-state index is 0.0124. The van der Waals surface area contributed by atoms with Crippen LogP contribution in [0.5, 0.6) is 0 Å². The monoisotopic (exact) mass is 336 g/mol. The van der Waals surface area contributed by atoms with Crippen molar-refractivity contribution in [3.05, 3.63) is 42.2 Å². The fourth-order valence-electron chi connectivity index (χ4n) is 2.59. The molecule has 23 heavy (non-hydrogen) atoms. The molecular formula is C14H16N4O4S. The molecule has 1 atom stereocenters. The van der Waals surface area contributed by atoms with Crippen molar-refractivity contribution in [2.45, 2.75) is 17.4 Å².